The van der Waals surface area contributed by atoms with Crippen molar-refractivity contribution in [3.63, 3.8) is 0 Å². The monoisotopic (exact) mass is 499 g/mol. The molecule has 37 heavy (non-hydrogen) atoms. The van der Waals surface area contributed by atoms with Gasteiger partial charge in [-0.25, -0.2) is 0 Å². The van der Waals surface area contributed by atoms with Crippen LogP contribution in [-0.2, 0) is 21.5 Å². The Balaban J connectivity index is 1.92. The van der Waals surface area contributed by atoms with Gasteiger partial charge in [-0.1, -0.05) is 63.2 Å². The van der Waals surface area contributed by atoms with E-state index in [1.54, 1.807) is 26.4 Å². The summed E-state index contributed by atoms with van der Waals surface area (Å²) in [6.07, 6.45) is 0. The predicted molar refractivity (Wildman–Crippen MR) is 144 cm³/mol. The lowest BCUT2D eigenvalue weighted by atomic mass is 9.84. The summed E-state index contributed by atoms with van der Waals surface area (Å²) in [6, 6.07) is 19.6. The fraction of sp³-hybridized carbons (Fsp3) is 0.290. The van der Waals surface area contributed by atoms with Crippen LogP contribution in [0.1, 0.15) is 54.6 Å². The standard InChI is InChI=1S/C31H33NO5/c1-19-11-7-9-13-22(19)27-26(28(33)20-15-16-25(37-6)23(17-20)31(2,3)4)29(34)30(35)32(27)18-21-12-8-10-14-24(21)36-5/h7-17,27,33H,18H2,1-6H3/b28-26+. The molecule has 1 fully saturated rings. The Hall–Kier alpha value is -4.06. The van der Waals surface area contributed by atoms with Gasteiger partial charge in [0.05, 0.1) is 32.4 Å². The fourth-order valence-electron chi connectivity index (χ4n) is 4.87. The van der Waals surface area contributed by atoms with Gasteiger partial charge in [0.25, 0.3) is 11.7 Å². The number of aliphatic hydroxyl groups excluding tert-OH is 1. The number of carbonyl (C=O) groups is 2. The largest absolute Gasteiger partial charge is 0.507 e. The zero-order valence-electron chi connectivity index (χ0n) is 22.2. The number of hydrogen-bond donors (Lipinski definition) is 1. The molecule has 1 N–H and O–H groups in total. The Morgan fingerprint density at radius 2 is 1.57 bits per heavy atom. The highest BCUT2D eigenvalue weighted by molar-refractivity contribution is 6.46. The van der Waals surface area contributed by atoms with E-state index < -0.39 is 17.7 Å². The molecule has 6 nitrogen and oxygen atoms in total. The van der Waals surface area contributed by atoms with Gasteiger partial charge in [0.1, 0.15) is 17.3 Å². The molecule has 3 aromatic rings. The topological polar surface area (TPSA) is 76.1 Å². The van der Waals surface area contributed by atoms with Crippen LogP contribution in [0.15, 0.2) is 72.3 Å². The van der Waals surface area contributed by atoms with Crippen LogP contribution in [0.3, 0.4) is 0 Å². The third kappa shape index (κ3) is 4.84. The van der Waals surface area contributed by atoms with Crippen molar-refractivity contribution in [2.75, 3.05) is 14.2 Å². The van der Waals surface area contributed by atoms with E-state index in [-0.39, 0.29) is 23.3 Å². The lowest BCUT2D eigenvalue weighted by molar-refractivity contribution is -0.140. The molecule has 1 aliphatic rings. The number of methoxy groups -OCH3 is 2. The average molecular weight is 500 g/mol. The van der Waals surface area contributed by atoms with E-state index in [1.807, 2.05) is 82.3 Å². The van der Waals surface area contributed by atoms with Crippen LogP contribution in [-0.4, -0.2) is 35.9 Å². The SMILES string of the molecule is COc1ccccc1CN1C(=O)C(=O)/C(=C(/O)c2ccc(OC)c(C(C)(C)C)c2)C1c1ccccc1C. The highest BCUT2D eigenvalue weighted by Gasteiger charge is 2.46. The second-order valence-corrected chi connectivity index (χ2v) is 10.3. The Bertz CT molecular complexity index is 1380. The number of benzene rings is 3. The van der Waals surface area contributed by atoms with E-state index in [2.05, 4.69) is 0 Å². The molecule has 4 rings (SSSR count). The van der Waals surface area contributed by atoms with E-state index in [9.17, 15) is 14.7 Å². The van der Waals surface area contributed by atoms with E-state index in [1.165, 1.54) is 4.90 Å². The molecule has 1 unspecified atom stereocenters. The minimum Gasteiger partial charge on any atom is -0.507 e. The molecule has 6 heteroatoms. The predicted octanol–water partition coefficient (Wildman–Crippen LogP) is 5.93. The number of rotatable bonds is 6. The van der Waals surface area contributed by atoms with Crippen molar-refractivity contribution in [1.29, 1.82) is 0 Å². The quantitative estimate of drug-likeness (QED) is 0.258. The molecule has 1 aliphatic heterocycles. The molecular weight excluding hydrogens is 466 g/mol. The summed E-state index contributed by atoms with van der Waals surface area (Å²) >= 11 is 0. The molecule has 192 valence electrons. The maximum Gasteiger partial charge on any atom is 0.295 e. The van der Waals surface area contributed by atoms with Crippen molar-refractivity contribution in [3.8, 4) is 11.5 Å². The van der Waals surface area contributed by atoms with Gasteiger partial charge in [-0.2, -0.15) is 0 Å². The van der Waals surface area contributed by atoms with E-state index in [4.69, 9.17) is 9.47 Å². The molecule has 0 saturated carbocycles. The van der Waals surface area contributed by atoms with Crippen molar-refractivity contribution in [2.24, 2.45) is 0 Å². The number of aryl methyl sites for hydroxylation is 1. The summed E-state index contributed by atoms with van der Waals surface area (Å²) in [7, 11) is 3.17. The van der Waals surface area contributed by atoms with Gasteiger partial charge < -0.3 is 19.5 Å². The van der Waals surface area contributed by atoms with Gasteiger partial charge >= 0.3 is 0 Å². The van der Waals surface area contributed by atoms with Crippen LogP contribution in [0.4, 0.5) is 0 Å². The molecule has 1 amide bonds. The number of para-hydroxylation sites is 1. The molecule has 1 saturated heterocycles. The highest BCUT2D eigenvalue weighted by atomic mass is 16.5. The van der Waals surface area contributed by atoms with E-state index in [0.29, 0.717) is 17.1 Å². The van der Waals surface area contributed by atoms with Crippen molar-refractivity contribution in [3.05, 3.63) is 100 Å². The summed E-state index contributed by atoms with van der Waals surface area (Å²) in [6.45, 7) is 8.24. The molecule has 1 heterocycles. The Labute approximate surface area is 218 Å². The van der Waals surface area contributed by atoms with Gasteiger partial charge in [0, 0.05) is 16.7 Å². The third-order valence-corrected chi connectivity index (χ3v) is 6.84. The summed E-state index contributed by atoms with van der Waals surface area (Å²) in [5.74, 6) is -0.268. The fourth-order valence-corrected chi connectivity index (χ4v) is 4.87. The Morgan fingerprint density at radius 3 is 2.22 bits per heavy atom. The van der Waals surface area contributed by atoms with Gasteiger partial charge in [-0.05, 0) is 47.7 Å². The maximum absolute atomic E-state index is 13.5. The van der Waals surface area contributed by atoms with Gasteiger partial charge in [0.15, 0.2) is 0 Å². The zero-order chi connectivity index (χ0) is 26.9. The lowest BCUT2D eigenvalue weighted by Gasteiger charge is -2.27. The minimum absolute atomic E-state index is 0.0687. The molecule has 0 spiro atoms. The van der Waals surface area contributed by atoms with Crippen LogP contribution in [0.25, 0.3) is 5.76 Å². The van der Waals surface area contributed by atoms with E-state index in [0.717, 1.165) is 22.3 Å². The van der Waals surface area contributed by atoms with E-state index >= 15 is 0 Å². The van der Waals surface area contributed by atoms with Gasteiger partial charge in [-0.3, -0.25) is 9.59 Å². The number of carbonyl (C=O) groups excluding carboxylic acids is 2. The first-order valence-corrected chi connectivity index (χ1v) is 12.2. The number of hydrogen-bond acceptors (Lipinski definition) is 5. The molecule has 0 radical (unpaired) electrons. The minimum atomic E-state index is -0.758. The lowest BCUT2D eigenvalue weighted by Crippen LogP contribution is -2.29. The molecule has 0 aromatic heterocycles. The molecule has 1 atom stereocenters. The number of amides is 1. The average Bonchev–Trinajstić information content (AvgIpc) is 3.12. The van der Waals surface area contributed by atoms with Crippen LogP contribution in [0, 0.1) is 6.92 Å². The second kappa shape index (κ2) is 10.1. The first kappa shape index (κ1) is 26.0. The summed E-state index contributed by atoms with van der Waals surface area (Å²) in [5.41, 5.74) is 3.60. The Morgan fingerprint density at radius 1 is 0.919 bits per heavy atom. The summed E-state index contributed by atoms with van der Waals surface area (Å²) in [4.78, 5) is 28.5. The van der Waals surface area contributed by atoms with Crippen molar-refractivity contribution >= 4 is 17.4 Å². The number of likely N-dealkylation sites (tertiary alicyclic amines) is 1. The first-order valence-electron chi connectivity index (χ1n) is 12.2. The van der Waals surface area contributed by atoms with Crippen molar-refractivity contribution in [2.45, 2.75) is 45.7 Å². The molecular formula is C31H33NO5. The van der Waals surface area contributed by atoms with Crippen LogP contribution in [0.5, 0.6) is 11.5 Å². The van der Waals surface area contributed by atoms with Crippen molar-refractivity contribution < 1.29 is 24.2 Å². The second-order valence-electron chi connectivity index (χ2n) is 10.3. The van der Waals surface area contributed by atoms with Gasteiger partial charge in [0.2, 0.25) is 0 Å². The van der Waals surface area contributed by atoms with Crippen molar-refractivity contribution in [1.82, 2.24) is 4.90 Å². The molecule has 0 bridgehead atoms. The number of Topliss-reactive ketones (excluding diaryl/α,β-unsaturated/α-hetero) is 1. The first-order chi connectivity index (χ1) is 17.6. The smallest absolute Gasteiger partial charge is 0.295 e. The number of nitrogens with zero attached hydrogens (tertiary/aromatic N) is 1. The third-order valence-electron chi connectivity index (χ3n) is 6.84. The molecule has 0 aliphatic carbocycles. The molecule has 3 aromatic carbocycles. The highest BCUT2D eigenvalue weighted by Crippen LogP contribution is 2.43. The Kier molecular flexibility index (Phi) is 7.12. The normalized spacial score (nSPS) is 17.2. The maximum atomic E-state index is 13.5. The van der Waals surface area contributed by atoms with Gasteiger partial charge in [-0.15, -0.1) is 0 Å². The zero-order valence-corrected chi connectivity index (χ0v) is 22.2. The number of aliphatic hydroxyl groups is 1. The van der Waals surface area contributed by atoms with Crippen LogP contribution >= 0.6 is 0 Å². The number of ketones is 1. The number of ether oxygens (including phenoxy) is 2. The van der Waals surface area contributed by atoms with Crippen LogP contribution in [0.2, 0.25) is 0 Å². The summed E-state index contributed by atoms with van der Waals surface area (Å²) in [5, 5.41) is 11.6. The summed E-state index contributed by atoms with van der Waals surface area (Å²) < 4.78 is 11.0. The van der Waals surface area contributed by atoms with Crippen LogP contribution < -0.4 is 9.47 Å².